The minimum absolute atomic E-state index is 0.870. The van der Waals surface area contributed by atoms with E-state index in [1.165, 1.54) is 10.3 Å². The van der Waals surface area contributed by atoms with E-state index < -0.39 is 10.8 Å². The maximum atomic E-state index is 11.3. The van der Waals surface area contributed by atoms with Crippen LogP contribution in [-0.2, 0) is 10.8 Å². The first-order valence-electron chi connectivity index (χ1n) is 4.00. The van der Waals surface area contributed by atoms with Gasteiger partial charge in [0.25, 0.3) is 0 Å². The normalized spacial score (nSPS) is 13.4. The summed E-state index contributed by atoms with van der Waals surface area (Å²) in [6.45, 7) is 2.06. The molecule has 0 aliphatic heterocycles. The highest BCUT2D eigenvalue weighted by Gasteiger charge is 2.06. The van der Waals surface area contributed by atoms with Gasteiger partial charge < -0.3 is 0 Å². The lowest BCUT2D eigenvalue weighted by Crippen LogP contribution is -1.84. The van der Waals surface area contributed by atoms with Crippen molar-refractivity contribution in [2.45, 2.75) is 11.8 Å². The Morgan fingerprint density at radius 3 is 2.85 bits per heavy atom. The highest BCUT2D eigenvalue weighted by molar-refractivity contribution is 7.84. The fourth-order valence-electron chi connectivity index (χ4n) is 1.34. The molecule has 68 valence electrons. The van der Waals surface area contributed by atoms with Gasteiger partial charge in [-0.25, -0.2) is 0 Å². The third-order valence-electron chi connectivity index (χ3n) is 2.00. The standard InChI is InChI=1S/C10H10OS2/c1-7-3-4-9-8(5-7)10(6-12-9)13(2)11/h3-6H,1-2H3. The minimum Gasteiger partial charge on any atom is -0.255 e. The Bertz CT molecular complexity index is 471. The molecule has 0 fully saturated rings. The Balaban J connectivity index is 2.79. The fraction of sp³-hybridized carbons (Fsp3) is 0.200. The summed E-state index contributed by atoms with van der Waals surface area (Å²) in [4.78, 5) is 0.962. The van der Waals surface area contributed by atoms with Crippen molar-refractivity contribution in [2.24, 2.45) is 0 Å². The van der Waals surface area contributed by atoms with Crippen molar-refractivity contribution < 1.29 is 4.21 Å². The molecule has 2 aromatic rings. The van der Waals surface area contributed by atoms with Crippen LogP contribution in [0.5, 0.6) is 0 Å². The number of thiophene rings is 1. The average molecular weight is 210 g/mol. The second-order valence-electron chi connectivity index (χ2n) is 3.05. The summed E-state index contributed by atoms with van der Waals surface area (Å²) in [5.41, 5.74) is 1.22. The topological polar surface area (TPSA) is 17.1 Å². The lowest BCUT2D eigenvalue weighted by atomic mass is 10.2. The third kappa shape index (κ3) is 1.54. The van der Waals surface area contributed by atoms with Gasteiger partial charge in [-0.05, 0) is 19.1 Å². The first kappa shape index (κ1) is 8.91. The molecule has 1 aromatic carbocycles. The summed E-state index contributed by atoms with van der Waals surface area (Å²) in [5.74, 6) is 0. The largest absolute Gasteiger partial charge is 0.255 e. The van der Waals surface area contributed by atoms with Crippen molar-refractivity contribution in [1.82, 2.24) is 0 Å². The number of aryl methyl sites for hydroxylation is 1. The van der Waals surface area contributed by atoms with E-state index in [-0.39, 0.29) is 0 Å². The van der Waals surface area contributed by atoms with Crippen molar-refractivity contribution in [3.8, 4) is 0 Å². The van der Waals surface area contributed by atoms with Crippen LogP contribution < -0.4 is 0 Å². The SMILES string of the molecule is Cc1ccc2scc(S(C)=O)c2c1. The molecule has 1 atom stereocenters. The predicted octanol–water partition coefficient (Wildman–Crippen LogP) is 2.95. The second kappa shape index (κ2) is 3.24. The van der Waals surface area contributed by atoms with Crippen LogP contribution in [0.2, 0.25) is 0 Å². The molecular weight excluding hydrogens is 200 g/mol. The number of fused-ring (bicyclic) bond motifs is 1. The predicted molar refractivity (Wildman–Crippen MR) is 58.9 cm³/mol. The molecule has 1 unspecified atom stereocenters. The Labute approximate surface area is 83.9 Å². The smallest absolute Gasteiger partial charge is 0.0570 e. The van der Waals surface area contributed by atoms with Gasteiger partial charge in [0.15, 0.2) is 0 Å². The Morgan fingerprint density at radius 1 is 1.38 bits per heavy atom. The first-order chi connectivity index (χ1) is 6.18. The van der Waals surface area contributed by atoms with Crippen LogP contribution in [0.15, 0.2) is 28.5 Å². The molecule has 0 spiro atoms. The van der Waals surface area contributed by atoms with Crippen LogP contribution in [0.25, 0.3) is 10.1 Å². The van der Waals surface area contributed by atoms with Crippen molar-refractivity contribution in [3.05, 3.63) is 29.1 Å². The van der Waals surface area contributed by atoms with E-state index in [9.17, 15) is 4.21 Å². The molecule has 0 bridgehead atoms. The van der Waals surface area contributed by atoms with Crippen molar-refractivity contribution in [1.29, 1.82) is 0 Å². The second-order valence-corrected chi connectivity index (χ2v) is 5.31. The van der Waals surface area contributed by atoms with E-state index in [2.05, 4.69) is 25.1 Å². The van der Waals surface area contributed by atoms with Crippen LogP contribution in [-0.4, -0.2) is 10.5 Å². The van der Waals surface area contributed by atoms with E-state index in [0.717, 1.165) is 10.3 Å². The number of rotatable bonds is 1. The lowest BCUT2D eigenvalue weighted by molar-refractivity contribution is 0.687. The molecule has 0 radical (unpaired) electrons. The summed E-state index contributed by atoms with van der Waals surface area (Å²) < 4.78 is 12.6. The van der Waals surface area contributed by atoms with Gasteiger partial charge in [-0.1, -0.05) is 11.6 Å². The molecule has 1 heterocycles. The third-order valence-corrected chi connectivity index (χ3v) is 4.07. The van der Waals surface area contributed by atoms with Crippen molar-refractivity contribution >= 4 is 32.2 Å². The zero-order valence-corrected chi connectivity index (χ0v) is 9.17. The molecule has 0 aliphatic rings. The highest BCUT2D eigenvalue weighted by Crippen LogP contribution is 2.28. The summed E-state index contributed by atoms with van der Waals surface area (Å²) in [6, 6.07) is 6.27. The van der Waals surface area contributed by atoms with Crippen LogP contribution in [0.3, 0.4) is 0 Å². The first-order valence-corrected chi connectivity index (χ1v) is 6.43. The molecule has 0 aliphatic carbocycles. The Kier molecular flexibility index (Phi) is 2.22. The van der Waals surface area contributed by atoms with Crippen LogP contribution >= 0.6 is 11.3 Å². The van der Waals surface area contributed by atoms with Gasteiger partial charge in [-0.15, -0.1) is 11.3 Å². The quantitative estimate of drug-likeness (QED) is 0.707. The zero-order valence-electron chi connectivity index (χ0n) is 7.53. The van der Waals surface area contributed by atoms with Gasteiger partial charge in [-0.2, -0.15) is 0 Å². The monoisotopic (exact) mass is 210 g/mol. The molecule has 0 saturated carbocycles. The molecule has 0 N–H and O–H groups in total. The van der Waals surface area contributed by atoms with Crippen LogP contribution in [0.1, 0.15) is 5.56 Å². The maximum absolute atomic E-state index is 11.3. The van der Waals surface area contributed by atoms with E-state index in [1.807, 2.05) is 5.38 Å². The minimum atomic E-state index is -0.870. The van der Waals surface area contributed by atoms with Gasteiger partial charge in [0.05, 0.1) is 15.7 Å². The summed E-state index contributed by atoms with van der Waals surface area (Å²) >= 11 is 1.66. The molecule has 0 saturated heterocycles. The maximum Gasteiger partial charge on any atom is 0.0570 e. The summed E-state index contributed by atoms with van der Waals surface area (Å²) in [7, 11) is -0.870. The molecule has 2 rings (SSSR count). The highest BCUT2D eigenvalue weighted by atomic mass is 32.2. The Hall–Kier alpha value is -0.670. The average Bonchev–Trinajstić information content (AvgIpc) is 2.46. The van der Waals surface area contributed by atoms with Gasteiger partial charge >= 0.3 is 0 Å². The summed E-state index contributed by atoms with van der Waals surface area (Å²) in [6.07, 6.45) is 1.73. The molecule has 0 amide bonds. The van der Waals surface area contributed by atoms with Crippen LogP contribution in [0, 0.1) is 6.92 Å². The van der Waals surface area contributed by atoms with Crippen molar-refractivity contribution in [3.63, 3.8) is 0 Å². The van der Waals surface area contributed by atoms with E-state index in [1.54, 1.807) is 17.6 Å². The number of hydrogen-bond donors (Lipinski definition) is 0. The molecule has 13 heavy (non-hydrogen) atoms. The van der Waals surface area contributed by atoms with Crippen LogP contribution in [0.4, 0.5) is 0 Å². The molecule has 3 heteroatoms. The fourth-order valence-corrected chi connectivity index (χ4v) is 3.38. The summed E-state index contributed by atoms with van der Waals surface area (Å²) in [5, 5.41) is 3.13. The zero-order chi connectivity index (χ0) is 9.42. The Morgan fingerprint density at radius 2 is 2.15 bits per heavy atom. The van der Waals surface area contributed by atoms with E-state index >= 15 is 0 Å². The van der Waals surface area contributed by atoms with Gasteiger partial charge in [0, 0.05) is 21.7 Å². The number of hydrogen-bond acceptors (Lipinski definition) is 2. The van der Waals surface area contributed by atoms with Crippen molar-refractivity contribution in [2.75, 3.05) is 6.26 Å². The molecular formula is C10H10OS2. The molecule has 1 aromatic heterocycles. The molecule has 1 nitrogen and oxygen atoms in total. The van der Waals surface area contributed by atoms with Gasteiger partial charge in [0.2, 0.25) is 0 Å². The lowest BCUT2D eigenvalue weighted by Gasteiger charge is -1.95. The van der Waals surface area contributed by atoms with Gasteiger partial charge in [-0.3, -0.25) is 4.21 Å². The number of benzene rings is 1. The van der Waals surface area contributed by atoms with E-state index in [4.69, 9.17) is 0 Å². The van der Waals surface area contributed by atoms with E-state index in [0.29, 0.717) is 0 Å². The van der Waals surface area contributed by atoms with Gasteiger partial charge in [0.1, 0.15) is 0 Å².